The third kappa shape index (κ3) is 4.03. The van der Waals surface area contributed by atoms with Gasteiger partial charge in [-0.05, 0) is 37.1 Å². The number of rotatable bonds is 7. The monoisotopic (exact) mass is 349 g/mol. The van der Waals surface area contributed by atoms with Gasteiger partial charge >= 0.3 is 0 Å². The van der Waals surface area contributed by atoms with Crippen LogP contribution in [-0.2, 0) is 16.0 Å². The lowest BCUT2D eigenvalue weighted by Gasteiger charge is -2.26. The first-order valence-electron chi connectivity index (χ1n) is 8.69. The van der Waals surface area contributed by atoms with Gasteiger partial charge in [-0.15, -0.1) is 11.3 Å². The van der Waals surface area contributed by atoms with Crippen LogP contribution in [0.15, 0.2) is 22.0 Å². The van der Waals surface area contributed by atoms with Crippen LogP contribution in [0.5, 0.6) is 0 Å². The first kappa shape index (κ1) is 16.2. The lowest BCUT2D eigenvalue weighted by molar-refractivity contribution is 0.0334. The van der Waals surface area contributed by atoms with Crippen molar-refractivity contribution in [2.45, 2.75) is 44.4 Å². The zero-order valence-corrected chi connectivity index (χ0v) is 14.5. The highest BCUT2D eigenvalue weighted by atomic mass is 32.1. The normalized spacial score (nSPS) is 24.2. The molecule has 0 amide bonds. The van der Waals surface area contributed by atoms with Gasteiger partial charge in [-0.2, -0.15) is 4.98 Å². The molecule has 4 rings (SSSR count). The van der Waals surface area contributed by atoms with Crippen molar-refractivity contribution in [3.8, 4) is 10.8 Å². The quantitative estimate of drug-likeness (QED) is 0.766. The van der Waals surface area contributed by atoms with Crippen LogP contribution < -0.4 is 0 Å². The van der Waals surface area contributed by atoms with Crippen molar-refractivity contribution < 1.29 is 14.0 Å². The van der Waals surface area contributed by atoms with Crippen LogP contribution in [0, 0.1) is 0 Å². The molecule has 0 radical (unpaired) electrons. The van der Waals surface area contributed by atoms with Crippen molar-refractivity contribution in [3.05, 3.63) is 23.3 Å². The SMILES string of the molecule is c1csc(-c2nc(CN(C[C@H]3CCCO3)C[C@H]3CCCO3)no2)c1. The van der Waals surface area contributed by atoms with Crippen LogP contribution in [0.3, 0.4) is 0 Å². The van der Waals surface area contributed by atoms with E-state index >= 15 is 0 Å². The van der Waals surface area contributed by atoms with E-state index in [1.807, 2.05) is 17.5 Å². The summed E-state index contributed by atoms with van der Waals surface area (Å²) in [6.07, 6.45) is 5.21. The summed E-state index contributed by atoms with van der Waals surface area (Å²) < 4.78 is 17.0. The molecule has 2 fully saturated rings. The Bertz CT molecular complexity index is 601. The summed E-state index contributed by atoms with van der Waals surface area (Å²) in [5, 5.41) is 6.17. The average molecular weight is 349 g/mol. The zero-order valence-electron chi connectivity index (χ0n) is 13.7. The van der Waals surface area contributed by atoms with Gasteiger partial charge in [0.25, 0.3) is 5.89 Å². The number of nitrogens with zero attached hydrogens (tertiary/aromatic N) is 3. The summed E-state index contributed by atoms with van der Waals surface area (Å²) in [6, 6.07) is 3.99. The second-order valence-electron chi connectivity index (χ2n) is 6.46. The third-order valence-corrected chi connectivity index (χ3v) is 5.39. The van der Waals surface area contributed by atoms with E-state index in [1.165, 1.54) is 0 Å². The summed E-state index contributed by atoms with van der Waals surface area (Å²) in [4.78, 5) is 7.92. The van der Waals surface area contributed by atoms with Crippen molar-refractivity contribution in [1.29, 1.82) is 0 Å². The van der Waals surface area contributed by atoms with E-state index in [2.05, 4.69) is 15.0 Å². The van der Waals surface area contributed by atoms with Crippen molar-refractivity contribution in [3.63, 3.8) is 0 Å². The van der Waals surface area contributed by atoms with Crippen molar-refractivity contribution >= 4 is 11.3 Å². The maximum Gasteiger partial charge on any atom is 0.268 e. The highest BCUT2D eigenvalue weighted by Crippen LogP contribution is 2.23. The molecule has 0 saturated carbocycles. The maximum absolute atomic E-state index is 5.80. The predicted molar refractivity (Wildman–Crippen MR) is 90.8 cm³/mol. The summed E-state index contributed by atoms with van der Waals surface area (Å²) >= 11 is 1.61. The van der Waals surface area contributed by atoms with Gasteiger partial charge < -0.3 is 14.0 Å². The lowest BCUT2D eigenvalue weighted by atomic mass is 10.2. The molecule has 0 aliphatic carbocycles. The van der Waals surface area contributed by atoms with Gasteiger partial charge in [-0.25, -0.2) is 0 Å². The number of aromatic nitrogens is 2. The fourth-order valence-electron chi connectivity index (χ4n) is 3.37. The lowest BCUT2D eigenvalue weighted by Crippen LogP contribution is -2.37. The number of thiophene rings is 1. The van der Waals surface area contributed by atoms with Gasteiger partial charge in [0, 0.05) is 26.3 Å². The largest absolute Gasteiger partial charge is 0.377 e. The van der Waals surface area contributed by atoms with Crippen LogP contribution in [-0.4, -0.2) is 53.6 Å². The molecule has 7 heteroatoms. The van der Waals surface area contributed by atoms with Gasteiger partial charge in [-0.1, -0.05) is 11.2 Å². The van der Waals surface area contributed by atoms with Crippen LogP contribution in [0.4, 0.5) is 0 Å². The molecule has 0 N–H and O–H groups in total. The molecule has 2 aromatic heterocycles. The second-order valence-corrected chi connectivity index (χ2v) is 7.40. The minimum atomic E-state index is 0.315. The van der Waals surface area contributed by atoms with Crippen molar-refractivity contribution in [2.75, 3.05) is 26.3 Å². The number of hydrogen-bond donors (Lipinski definition) is 0. The van der Waals surface area contributed by atoms with E-state index in [0.29, 0.717) is 24.6 Å². The fraction of sp³-hybridized carbons (Fsp3) is 0.647. The predicted octanol–water partition coefficient (Wildman–Crippen LogP) is 2.96. The molecule has 2 saturated heterocycles. The molecule has 0 bridgehead atoms. The number of hydrogen-bond acceptors (Lipinski definition) is 7. The first-order chi connectivity index (χ1) is 11.9. The molecule has 6 nitrogen and oxygen atoms in total. The topological polar surface area (TPSA) is 60.6 Å². The van der Waals surface area contributed by atoms with Crippen LogP contribution in [0.25, 0.3) is 10.8 Å². The summed E-state index contributed by atoms with van der Waals surface area (Å²) in [7, 11) is 0. The minimum absolute atomic E-state index is 0.315. The highest BCUT2D eigenvalue weighted by Gasteiger charge is 2.25. The molecule has 2 atom stereocenters. The highest BCUT2D eigenvalue weighted by molar-refractivity contribution is 7.13. The van der Waals surface area contributed by atoms with Crippen molar-refractivity contribution in [2.24, 2.45) is 0 Å². The summed E-state index contributed by atoms with van der Waals surface area (Å²) in [5.41, 5.74) is 0. The standard InChI is InChI=1S/C17H23N3O3S/c1-4-13(21-7-1)10-20(11-14-5-2-8-22-14)12-16-18-17(23-19-16)15-6-3-9-24-15/h3,6,9,13-14H,1-2,4-5,7-8,10-12H2/t13-,14-/m1/s1. The second kappa shape index (κ2) is 7.74. The van der Waals surface area contributed by atoms with Crippen LogP contribution in [0.1, 0.15) is 31.5 Å². The zero-order chi connectivity index (χ0) is 16.2. The molecule has 2 aliphatic rings. The Hall–Kier alpha value is -1.28. The van der Waals surface area contributed by atoms with Gasteiger partial charge in [0.05, 0.1) is 23.6 Å². The Morgan fingerprint density at radius 2 is 1.88 bits per heavy atom. The van der Waals surface area contributed by atoms with Gasteiger partial charge in [0.2, 0.25) is 0 Å². The van der Waals surface area contributed by atoms with Gasteiger partial charge in [-0.3, -0.25) is 4.90 Å². The van der Waals surface area contributed by atoms with E-state index in [-0.39, 0.29) is 0 Å². The van der Waals surface area contributed by atoms with E-state index in [4.69, 9.17) is 14.0 Å². The molecular formula is C17H23N3O3S. The number of ether oxygens (including phenoxy) is 2. The fourth-order valence-corrected chi connectivity index (χ4v) is 4.02. The molecule has 0 unspecified atom stereocenters. The molecule has 24 heavy (non-hydrogen) atoms. The molecule has 0 aromatic carbocycles. The Labute approximate surface area is 145 Å². The smallest absolute Gasteiger partial charge is 0.268 e. The Kier molecular flexibility index (Phi) is 5.22. The summed E-state index contributed by atoms with van der Waals surface area (Å²) in [5.74, 6) is 1.34. The van der Waals surface area contributed by atoms with Crippen molar-refractivity contribution in [1.82, 2.24) is 15.0 Å². The Morgan fingerprint density at radius 3 is 2.46 bits per heavy atom. The van der Waals surface area contributed by atoms with E-state index in [1.54, 1.807) is 11.3 Å². The van der Waals surface area contributed by atoms with Gasteiger partial charge in [0.15, 0.2) is 5.82 Å². The molecule has 2 aliphatic heterocycles. The molecular weight excluding hydrogens is 326 g/mol. The molecule has 130 valence electrons. The molecule has 0 spiro atoms. The molecule has 4 heterocycles. The Balaban J connectivity index is 1.41. The minimum Gasteiger partial charge on any atom is -0.377 e. The van der Waals surface area contributed by atoms with Crippen LogP contribution >= 0.6 is 11.3 Å². The van der Waals surface area contributed by atoms with E-state index in [9.17, 15) is 0 Å². The Morgan fingerprint density at radius 1 is 1.12 bits per heavy atom. The third-order valence-electron chi connectivity index (χ3n) is 4.54. The maximum atomic E-state index is 5.80. The molecule has 2 aromatic rings. The van der Waals surface area contributed by atoms with E-state index < -0.39 is 0 Å². The van der Waals surface area contributed by atoms with Crippen LogP contribution in [0.2, 0.25) is 0 Å². The van der Waals surface area contributed by atoms with E-state index in [0.717, 1.165) is 62.7 Å². The first-order valence-corrected chi connectivity index (χ1v) is 9.57. The van der Waals surface area contributed by atoms with Gasteiger partial charge in [0.1, 0.15) is 0 Å². The summed E-state index contributed by atoms with van der Waals surface area (Å²) in [6.45, 7) is 4.24. The average Bonchev–Trinajstić information content (AvgIpc) is 3.37.